The van der Waals surface area contributed by atoms with E-state index >= 15 is 0 Å². The van der Waals surface area contributed by atoms with Gasteiger partial charge in [-0.1, -0.05) is 0 Å². The summed E-state index contributed by atoms with van der Waals surface area (Å²) in [5.41, 5.74) is 5.35. The van der Waals surface area contributed by atoms with Crippen LogP contribution in [0, 0.1) is 11.6 Å². The molecule has 14 heavy (non-hydrogen) atoms. The number of nitrogens with zero attached hydrogens (tertiary/aromatic N) is 1. The normalized spacial score (nSPS) is 10.3. The summed E-state index contributed by atoms with van der Waals surface area (Å²) in [7, 11) is 0. The second-order valence-electron chi connectivity index (χ2n) is 3.00. The SMILES string of the molecule is CCN(CC)c1cc(F)c(N)cc1F. The zero-order valence-electron chi connectivity index (χ0n) is 8.35. The van der Waals surface area contributed by atoms with Crippen LogP contribution in [0.15, 0.2) is 12.1 Å². The molecule has 0 aliphatic carbocycles. The van der Waals surface area contributed by atoms with Crippen LogP contribution in [0.3, 0.4) is 0 Å². The lowest BCUT2D eigenvalue weighted by Crippen LogP contribution is -2.23. The molecule has 0 spiro atoms. The molecule has 0 unspecified atom stereocenters. The molecule has 0 atom stereocenters. The number of hydrogen-bond acceptors (Lipinski definition) is 2. The van der Waals surface area contributed by atoms with Crippen LogP contribution in [0.25, 0.3) is 0 Å². The largest absolute Gasteiger partial charge is 0.396 e. The fourth-order valence-corrected chi connectivity index (χ4v) is 1.36. The van der Waals surface area contributed by atoms with Gasteiger partial charge in [-0.2, -0.15) is 0 Å². The van der Waals surface area contributed by atoms with E-state index < -0.39 is 11.6 Å². The van der Waals surface area contributed by atoms with E-state index in [1.807, 2.05) is 13.8 Å². The summed E-state index contributed by atoms with van der Waals surface area (Å²) in [4.78, 5) is 1.73. The Morgan fingerprint density at radius 3 is 2.21 bits per heavy atom. The lowest BCUT2D eigenvalue weighted by atomic mass is 10.2. The van der Waals surface area contributed by atoms with Crippen LogP contribution in [-0.4, -0.2) is 13.1 Å². The first-order valence-electron chi connectivity index (χ1n) is 4.59. The topological polar surface area (TPSA) is 29.3 Å². The summed E-state index contributed by atoms with van der Waals surface area (Å²) in [6.45, 7) is 5.04. The van der Waals surface area contributed by atoms with Gasteiger partial charge in [0.15, 0.2) is 0 Å². The zero-order chi connectivity index (χ0) is 10.7. The number of halogens is 2. The van der Waals surface area contributed by atoms with Crippen molar-refractivity contribution in [3.63, 3.8) is 0 Å². The Labute approximate surface area is 82.3 Å². The van der Waals surface area contributed by atoms with Crippen LogP contribution in [0.1, 0.15) is 13.8 Å². The van der Waals surface area contributed by atoms with Crippen LogP contribution in [0.5, 0.6) is 0 Å². The summed E-state index contributed by atoms with van der Waals surface area (Å²) in [5.74, 6) is -1.05. The molecule has 1 rings (SSSR count). The number of benzene rings is 1. The second kappa shape index (κ2) is 4.26. The second-order valence-corrected chi connectivity index (χ2v) is 3.00. The van der Waals surface area contributed by atoms with Crippen molar-refractivity contribution in [2.75, 3.05) is 23.7 Å². The molecule has 78 valence electrons. The summed E-state index contributed by atoms with van der Waals surface area (Å²) in [6.07, 6.45) is 0. The van der Waals surface area contributed by atoms with Crippen LogP contribution in [0.2, 0.25) is 0 Å². The monoisotopic (exact) mass is 200 g/mol. The molecule has 1 aromatic carbocycles. The van der Waals surface area contributed by atoms with Crippen molar-refractivity contribution in [3.05, 3.63) is 23.8 Å². The molecule has 0 aliphatic rings. The quantitative estimate of drug-likeness (QED) is 0.759. The molecule has 0 bridgehead atoms. The third-order valence-corrected chi connectivity index (χ3v) is 2.17. The molecule has 2 N–H and O–H groups in total. The van der Waals surface area contributed by atoms with Gasteiger partial charge in [0.05, 0.1) is 11.4 Å². The number of rotatable bonds is 3. The number of hydrogen-bond donors (Lipinski definition) is 1. The lowest BCUT2D eigenvalue weighted by molar-refractivity contribution is 0.598. The van der Waals surface area contributed by atoms with Gasteiger partial charge in [-0.15, -0.1) is 0 Å². The molecule has 1 aromatic rings. The molecular formula is C10H14F2N2. The van der Waals surface area contributed by atoms with Gasteiger partial charge in [-0.25, -0.2) is 8.78 Å². The Hall–Kier alpha value is -1.32. The highest BCUT2D eigenvalue weighted by atomic mass is 19.1. The van der Waals surface area contributed by atoms with E-state index in [0.29, 0.717) is 13.1 Å². The van der Waals surface area contributed by atoms with Crippen molar-refractivity contribution >= 4 is 11.4 Å². The van der Waals surface area contributed by atoms with E-state index in [9.17, 15) is 8.78 Å². The van der Waals surface area contributed by atoms with Crippen molar-refractivity contribution in [3.8, 4) is 0 Å². The molecule has 0 saturated heterocycles. The average Bonchev–Trinajstić information content (AvgIpc) is 2.15. The lowest BCUT2D eigenvalue weighted by Gasteiger charge is -2.21. The smallest absolute Gasteiger partial charge is 0.148 e. The molecule has 0 aromatic heterocycles. The average molecular weight is 200 g/mol. The minimum Gasteiger partial charge on any atom is -0.396 e. The van der Waals surface area contributed by atoms with E-state index in [4.69, 9.17) is 5.73 Å². The van der Waals surface area contributed by atoms with Gasteiger partial charge < -0.3 is 10.6 Å². The molecule has 0 fully saturated rings. The third-order valence-electron chi connectivity index (χ3n) is 2.17. The Morgan fingerprint density at radius 2 is 1.71 bits per heavy atom. The van der Waals surface area contributed by atoms with Gasteiger partial charge in [0.1, 0.15) is 11.6 Å². The zero-order valence-corrected chi connectivity index (χ0v) is 8.35. The third kappa shape index (κ3) is 1.95. The van der Waals surface area contributed by atoms with E-state index in [0.717, 1.165) is 12.1 Å². The standard InChI is InChI=1S/C10H14F2N2/c1-3-14(4-2)10-6-7(11)9(13)5-8(10)12/h5-6H,3-4,13H2,1-2H3. The fourth-order valence-electron chi connectivity index (χ4n) is 1.36. The predicted molar refractivity (Wildman–Crippen MR) is 54.3 cm³/mol. The van der Waals surface area contributed by atoms with Crippen molar-refractivity contribution in [1.29, 1.82) is 0 Å². The Bertz CT molecular complexity index is 322. The highest BCUT2D eigenvalue weighted by molar-refractivity contribution is 5.55. The Kier molecular flexibility index (Phi) is 3.28. The molecule has 4 heteroatoms. The first-order valence-corrected chi connectivity index (χ1v) is 4.59. The van der Waals surface area contributed by atoms with Gasteiger partial charge in [0.2, 0.25) is 0 Å². The van der Waals surface area contributed by atoms with Crippen LogP contribution in [0.4, 0.5) is 20.2 Å². The minimum atomic E-state index is -0.576. The predicted octanol–water partition coefficient (Wildman–Crippen LogP) is 2.39. The van der Waals surface area contributed by atoms with Crippen molar-refractivity contribution in [2.45, 2.75) is 13.8 Å². The Morgan fingerprint density at radius 1 is 1.14 bits per heavy atom. The highest BCUT2D eigenvalue weighted by Crippen LogP contribution is 2.24. The maximum absolute atomic E-state index is 13.4. The molecule has 2 nitrogen and oxygen atoms in total. The van der Waals surface area contributed by atoms with Crippen LogP contribution < -0.4 is 10.6 Å². The maximum Gasteiger partial charge on any atom is 0.148 e. The number of nitrogens with two attached hydrogens (primary N) is 1. The molecule has 0 saturated carbocycles. The molecule has 0 radical (unpaired) electrons. The fraction of sp³-hybridized carbons (Fsp3) is 0.400. The number of nitrogen functional groups attached to an aromatic ring is 1. The number of anilines is 2. The van der Waals surface area contributed by atoms with Gasteiger partial charge in [-0.05, 0) is 13.8 Å². The van der Waals surface area contributed by atoms with Crippen molar-refractivity contribution in [1.82, 2.24) is 0 Å². The highest BCUT2D eigenvalue weighted by Gasteiger charge is 2.11. The Balaban J connectivity index is 3.14. The van der Waals surface area contributed by atoms with E-state index in [1.165, 1.54) is 0 Å². The van der Waals surface area contributed by atoms with E-state index in [-0.39, 0.29) is 11.4 Å². The summed E-state index contributed by atoms with van der Waals surface area (Å²) in [6, 6.07) is 2.15. The van der Waals surface area contributed by atoms with Crippen LogP contribution in [-0.2, 0) is 0 Å². The molecule has 0 amide bonds. The summed E-state index contributed by atoms with van der Waals surface area (Å²) < 4.78 is 26.4. The van der Waals surface area contributed by atoms with Crippen molar-refractivity contribution < 1.29 is 8.78 Å². The summed E-state index contributed by atoms with van der Waals surface area (Å²) in [5, 5.41) is 0. The first kappa shape index (κ1) is 10.8. The van der Waals surface area contributed by atoms with Gasteiger partial charge in [0, 0.05) is 25.2 Å². The van der Waals surface area contributed by atoms with Crippen LogP contribution >= 0.6 is 0 Å². The molecular weight excluding hydrogens is 186 g/mol. The minimum absolute atomic E-state index is 0.154. The first-order chi connectivity index (χ1) is 6.60. The van der Waals surface area contributed by atoms with Gasteiger partial charge in [-0.3, -0.25) is 0 Å². The van der Waals surface area contributed by atoms with E-state index in [1.54, 1.807) is 4.90 Å². The molecule has 0 heterocycles. The van der Waals surface area contributed by atoms with Crippen molar-refractivity contribution in [2.24, 2.45) is 0 Å². The van der Waals surface area contributed by atoms with Gasteiger partial charge >= 0.3 is 0 Å². The van der Waals surface area contributed by atoms with E-state index in [2.05, 4.69) is 0 Å². The van der Waals surface area contributed by atoms with Gasteiger partial charge in [0.25, 0.3) is 0 Å². The maximum atomic E-state index is 13.4. The molecule has 0 aliphatic heterocycles. The summed E-state index contributed by atoms with van der Waals surface area (Å²) >= 11 is 0.